The van der Waals surface area contributed by atoms with Gasteiger partial charge in [-0.1, -0.05) is 12.1 Å². The van der Waals surface area contributed by atoms with Crippen LogP contribution in [0.15, 0.2) is 24.3 Å². The Balaban J connectivity index is 1.99. The lowest BCUT2D eigenvalue weighted by Crippen LogP contribution is -2.30. The molecular weight excluding hydrogens is 240 g/mol. The summed E-state index contributed by atoms with van der Waals surface area (Å²) < 4.78 is 0. The molecular formula is C15H22N2O2. The molecule has 104 valence electrons. The first-order chi connectivity index (χ1) is 8.88. The molecule has 0 atom stereocenters. The molecule has 0 bridgehead atoms. The highest BCUT2D eigenvalue weighted by Crippen LogP contribution is 2.28. The van der Waals surface area contributed by atoms with Gasteiger partial charge < -0.3 is 5.32 Å². The fourth-order valence-electron chi connectivity index (χ4n) is 2.02. The monoisotopic (exact) mass is 262 g/mol. The van der Waals surface area contributed by atoms with E-state index in [9.17, 15) is 4.79 Å². The fraction of sp³-hybridized carbons (Fsp3) is 0.533. The Kier molecular flexibility index (Phi) is 3.80. The van der Waals surface area contributed by atoms with Crippen molar-refractivity contribution in [2.45, 2.75) is 40.3 Å². The summed E-state index contributed by atoms with van der Waals surface area (Å²) >= 11 is 0. The fourth-order valence-corrected chi connectivity index (χ4v) is 2.02. The van der Waals surface area contributed by atoms with Crippen LogP contribution < -0.4 is 5.32 Å². The van der Waals surface area contributed by atoms with Crippen molar-refractivity contribution in [3.8, 4) is 0 Å². The SMILES string of the molecule is CC(C)Nc1ccc(CN2OCC(C)(C)C2=O)cc1. The Morgan fingerprint density at radius 3 is 2.42 bits per heavy atom. The van der Waals surface area contributed by atoms with Gasteiger partial charge in [-0.3, -0.25) is 9.63 Å². The summed E-state index contributed by atoms with van der Waals surface area (Å²) in [5, 5.41) is 4.80. The van der Waals surface area contributed by atoms with Gasteiger partial charge in [0.05, 0.1) is 18.6 Å². The van der Waals surface area contributed by atoms with Crippen LogP contribution in [0.4, 0.5) is 5.69 Å². The van der Waals surface area contributed by atoms with Gasteiger partial charge in [-0.15, -0.1) is 0 Å². The van der Waals surface area contributed by atoms with Gasteiger partial charge in [-0.2, -0.15) is 0 Å². The number of hydrogen-bond donors (Lipinski definition) is 1. The highest BCUT2D eigenvalue weighted by atomic mass is 16.7. The summed E-state index contributed by atoms with van der Waals surface area (Å²) in [7, 11) is 0. The van der Waals surface area contributed by atoms with E-state index in [0.29, 0.717) is 19.2 Å². The number of rotatable bonds is 4. The molecule has 0 saturated carbocycles. The summed E-state index contributed by atoms with van der Waals surface area (Å²) in [5.41, 5.74) is 1.76. The molecule has 0 spiro atoms. The van der Waals surface area contributed by atoms with Gasteiger partial charge in [0.25, 0.3) is 5.91 Å². The highest BCUT2D eigenvalue weighted by molar-refractivity contribution is 5.82. The Labute approximate surface area is 114 Å². The molecule has 1 aromatic carbocycles. The van der Waals surface area contributed by atoms with Crippen molar-refractivity contribution in [2.24, 2.45) is 5.41 Å². The molecule has 1 aliphatic rings. The molecule has 0 aliphatic carbocycles. The van der Waals surface area contributed by atoms with Gasteiger partial charge in [-0.05, 0) is 45.4 Å². The number of carbonyl (C=O) groups is 1. The predicted molar refractivity (Wildman–Crippen MR) is 75.5 cm³/mol. The van der Waals surface area contributed by atoms with Crippen LogP contribution in [0, 0.1) is 5.41 Å². The number of nitrogens with one attached hydrogen (secondary N) is 1. The molecule has 1 amide bonds. The van der Waals surface area contributed by atoms with Crippen molar-refractivity contribution in [1.29, 1.82) is 0 Å². The minimum Gasteiger partial charge on any atom is -0.383 e. The zero-order valence-corrected chi connectivity index (χ0v) is 12.1. The first kappa shape index (κ1) is 13.9. The lowest BCUT2D eigenvalue weighted by atomic mass is 9.95. The lowest BCUT2D eigenvalue weighted by molar-refractivity contribution is -0.165. The van der Waals surface area contributed by atoms with Crippen LogP contribution in [-0.2, 0) is 16.2 Å². The van der Waals surface area contributed by atoms with Gasteiger partial charge in [-0.25, -0.2) is 5.06 Å². The van der Waals surface area contributed by atoms with E-state index in [1.165, 1.54) is 5.06 Å². The molecule has 1 heterocycles. The second-order valence-corrected chi connectivity index (χ2v) is 6.00. The Morgan fingerprint density at radius 2 is 1.95 bits per heavy atom. The van der Waals surface area contributed by atoms with Crippen molar-refractivity contribution in [1.82, 2.24) is 5.06 Å². The third-order valence-electron chi connectivity index (χ3n) is 3.12. The number of carbonyl (C=O) groups excluding carboxylic acids is 1. The zero-order valence-electron chi connectivity index (χ0n) is 12.1. The maximum atomic E-state index is 12.0. The van der Waals surface area contributed by atoms with Crippen LogP contribution in [0.3, 0.4) is 0 Å². The minimum atomic E-state index is -0.404. The van der Waals surface area contributed by atoms with E-state index in [2.05, 4.69) is 19.2 Å². The van der Waals surface area contributed by atoms with Gasteiger partial charge >= 0.3 is 0 Å². The number of benzene rings is 1. The second-order valence-electron chi connectivity index (χ2n) is 6.00. The molecule has 1 saturated heterocycles. The van der Waals surface area contributed by atoms with Gasteiger partial charge in [0, 0.05) is 11.7 Å². The van der Waals surface area contributed by atoms with Crippen molar-refractivity contribution in [3.05, 3.63) is 29.8 Å². The quantitative estimate of drug-likeness (QED) is 0.907. The molecule has 1 aromatic rings. The van der Waals surface area contributed by atoms with E-state index < -0.39 is 5.41 Å². The topological polar surface area (TPSA) is 41.6 Å². The molecule has 4 nitrogen and oxygen atoms in total. The van der Waals surface area contributed by atoms with E-state index in [1.807, 2.05) is 38.1 Å². The summed E-state index contributed by atoms with van der Waals surface area (Å²) in [5.74, 6) is 0.0527. The molecule has 0 radical (unpaired) electrons. The average molecular weight is 262 g/mol. The standard InChI is InChI=1S/C15H22N2O2/c1-11(2)16-13-7-5-12(6-8-13)9-17-14(18)15(3,4)10-19-17/h5-8,11,16H,9-10H2,1-4H3. The van der Waals surface area contributed by atoms with Crippen LogP contribution in [0.25, 0.3) is 0 Å². The predicted octanol–water partition coefficient (Wildman–Crippen LogP) is 2.81. The van der Waals surface area contributed by atoms with Crippen LogP contribution in [0.2, 0.25) is 0 Å². The van der Waals surface area contributed by atoms with Crippen molar-refractivity contribution < 1.29 is 9.63 Å². The summed E-state index contributed by atoms with van der Waals surface area (Å²) in [6.07, 6.45) is 0. The first-order valence-corrected chi connectivity index (χ1v) is 6.69. The Morgan fingerprint density at radius 1 is 1.32 bits per heavy atom. The number of hydrogen-bond acceptors (Lipinski definition) is 3. The largest absolute Gasteiger partial charge is 0.383 e. The normalized spacial score (nSPS) is 18.2. The Hall–Kier alpha value is -1.55. The molecule has 0 unspecified atom stereocenters. The molecule has 1 aliphatic heterocycles. The van der Waals surface area contributed by atoms with Gasteiger partial charge in [0.1, 0.15) is 0 Å². The van der Waals surface area contributed by atoms with E-state index in [-0.39, 0.29) is 5.91 Å². The third kappa shape index (κ3) is 3.26. The lowest BCUT2D eigenvalue weighted by Gasteiger charge is -2.17. The van der Waals surface area contributed by atoms with E-state index in [1.54, 1.807) is 0 Å². The van der Waals surface area contributed by atoms with E-state index >= 15 is 0 Å². The molecule has 0 aromatic heterocycles. The van der Waals surface area contributed by atoms with Crippen LogP contribution in [0.5, 0.6) is 0 Å². The summed E-state index contributed by atoms with van der Waals surface area (Å²) in [6.45, 7) is 8.98. The number of anilines is 1. The highest BCUT2D eigenvalue weighted by Gasteiger charge is 2.40. The average Bonchev–Trinajstić information content (AvgIpc) is 2.58. The molecule has 1 N–H and O–H groups in total. The number of nitrogens with zero attached hydrogens (tertiary/aromatic N) is 1. The second kappa shape index (κ2) is 5.21. The Bertz CT molecular complexity index is 452. The van der Waals surface area contributed by atoms with E-state index in [0.717, 1.165) is 11.3 Å². The van der Waals surface area contributed by atoms with Gasteiger partial charge in [0.2, 0.25) is 0 Å². The maximum absolute atomic E-state index is 12.0. The number of amides is 1. The molecule has 2 rings (SSSR count). The maximum Gasteiger partial charge on any atom is 0.254 e. The van der Waals surface area contributed by atoms with Crippen LogP contribution in [-0.4, -0.2) is 23.6 Å². The molecule has 4 heteroatoms. The third-order valence-corrected chi connectivity index (χ3v) is 3.12. The van der Waals surface area contributed by atoms with Crippen molar-refractivity contribution >= 4 is 11.6 Å². The van der Waals surface area contributed by atoms with Crippen LogP contribution >= 0.6 is 0 Å². The summed E-state index contributed by atoms with van der Waals surface area (Å²) in [6, 6.07) is 8.51. The summed E-state index contributed by atoms with van der Waals surface area (Å²) in [4.78, 5) is 17.5. The van der Waals surface area contributed by atoms with E-state index in [4.69, 9.17) is 4.84 Å². The van der Waals surface area contributed by atoms with Crippen LogP contribution in [0.1, 0.15) is 33.3 Å². The first-order valence-electron chi connectivity index (χ1n) is 6.69. The van der Waals surface area contributed by atoms with Crippen molar-refractivity contribution in [2.75, 3.05) is 11.9 Å². The van der Waals surface area contributed by atoms with Crippen molar-refractivity contribution in [3.63, 3.8) is 0 Å². The molecule has 19 heavy (non-hydrogen) atoms. The zero-order chi connectivity index (χ0) is 14.0. The number of hydroxylamine groups is 2. The minimum absolute atomic E-state index is 0.0527. The van der Waals surface area contributed by atoms with Gasteiger partial charge in [0.15, 0.2) is 0 Å². The smallest absolute Gasteiger partial charge is 0.254 e. The molecule has 1 fully saturated rings.